The third-order valence-electron chi connectivity index (χ3n) is 7.32. The van der Waals surface area contributed by atoms with Gasteiger partial charge in [0.2, 0.25) is 5.91 Å². The maximum Gasteiger partial charge on any atom is 0.223 e. The van der Waals surface area contributed by atoms with Gasteiger partial charge in [-0.05, 0) is 61.3 Å². The fraction of sp³-hybridized carbons (Fsp3) is 0.667. The molecule has 2 heterocycles. The summed E-state index contributed by atoms with van der Waals surface area (Å²) in [4.78, 5) is 18.0. The van der Waals surface area contributed by atoms with Crippen molar-refractivity contribution in [3.8, 4) is 5.75 Å². The van der Waals surface area contributed by atoms with E-state index in [0.717, 1.165) is 57.9 Å². The molecule has 0 bridgehead atoms. The van der Waals surface area contributed by atoms with E-state index in [0.29, 0.717) is 17.1 Å². The predicted octanol–water partition coefficient (Wildman–Crippen LogP) is 4.56. The number of thioether (sulfide) groups is 1. The fourth-order valence-corrected chi connectivity index (χ4v) is 6.17. The van der Waals surface area contributed by atoms with Gasteiger partial charge < -0.3 is 15.0 Å². The van der Waals surface area contributed by atoms with Crippen molar-refractivity contribution in [2.24, 2.45) is 17.8 Å². The van der Waals surface area contributed by atoms with E-state index in [9.17, 15) is 4.79 Å². The van der Waals surface area contributed by atoms with Gasteiger partial charge in [0, 0.05) is 43.9 Å². The van der Waals surface area contributed by atoms with Crippen molar-refractivity contribution in [2.75, 3.05) is 46.4 Å². The van der Waals surface area contributed by atoms with Crippen LogP contribution in [0.4, 0.5) is 0 Å². The van der Waals surface area contributed by atoms with E-state index in [1.54, 1.807) is 0 Å². The standard InChI is InChI=1S/C27H41N3O2S/c1-4-6-20(2)19-32-22-10-8-21(9-11-22)25(18-30-14-12-29(3)13-15-30)28-27(31)24-17-23(24)26-7-5-16-33-26/h5,8-11,16,20,23-26H,4,6-7,12-15,17-19H2,1-3H3,(H,28,31)/t20?,23-,24-,25-,26?/m0/s1. The van der Waals surface area contributed by atoms with Gasteiger partial charge in [-0.1, -0.05) is 38.5 Å². The molecule has 1 amide bonds. The topological polar surface area (TPSA) is 44.8 Å². The van der Waals surface area contributed by atoms with Crippen LogP contribution in [0.15, 0.2) is 35.7 Å². The van der Waals surface area contributed by atoms with Gasteiger partial charge in [0.1, 0.15) is 5.75 Å². The Morgan fingerprint density at radius 3 is 2.64 bits per heavy atom. The lowest BCUT2D eigenvalue weighted by molar-refractivity contribution is -0.123. The summed E-state index contributed by atoms with van der Waals surface area (Å²) in [6.45, 7) is 10.3. The Morgan fingerprint density at radius 1 is 1.21 bits per heavy atom. The maximum absolute atomic E-state index is 13.2. The first-order chi connectivity index (χ1) is 16.0. The van der Waals surface area contributed by atoms with Crippen LogP contribution in [0.1, 0.15) is 51.1 Å². The minimum absolute atomic E-state index is 0.0181. The van der Waals surface area contributed by atoms with E-state index >= 15 is 0 Å². The van der Waals surface area contributed by atoms with Crippen LogP contribution in [-0.2, 0) is 4.79 Å². The van der Waals surface area contributed by atoms with E-state index in [1.807, 2.05) is 11.8 Å². The largest absolute Gasteiger partial charge is 0.493 e. The molecule has 5 atom stereocenters. The normalized spacial score (nSPS) is 27.3. The molecule has 0 spiro atoms. The maximum atomic E-state index is 13.2. The van der Waals surface area contributed by atoms with Gasteiger partial charge in [0.05, 0.1) is 12.6 Å². The van der Waals surface area contributed by atoms with Crippen molar-refractivity contribution in [1.29, 1.82) is 0 Å². The zero-order valence-corrected chi connectivity index (χ0v) is 21.4. The molecular weight excluding hydrogens is 430 g/mol. The summed E-state index contributed by atoms with van der Waals surface area (Å²) in [6.07, 6.45) is 6.77. The molecule has 1 saturated carbocycles. The number of ether oxygens (including phenoxy) is 1. The smallest absolute Gasteiger partial charge is 0.223 e. The minimum Gasteiger partial charge on any atom is -0.493 e. The van der Waals surface area contributed by atoms with Crippen LogP contribution in [0.25, 0.3) is 0 Å². The number of allylic oxidation sites excluding steroid dienone is 1. The summed E-state index contributed by atoms with van der Waals surface area (Å²) in [5.41, 5.74) is 1.17. The van der Waals surface area contributed by atoms with Crippen LogP contribution >= 0.6 is 11.8 Å². The summed E-state index contributed by atoms with van der Waals surface area (Å²) >= 11 is 1.90. The van der Waals surface area contributed by atoms with Crippen LogP contribution < -0.4 is 10.1 Å². The summed E-state index contributed by atoms with van der Waals surface area (Å²) in [5, 5.41) is 6.22. The number of likely N-dealkylation sites (N-methyl/N-ethyl adjacent to an activating group) is 1. The number of benzene rings is 1. The summed E-state index contributed by atoms with van der Waals surface area (Å²) in [7, 11) is 2.18. The molecule has 1 saturated heterocycles. The van der Waals surface area contributed by atoms with Crippen molar-refractivity contribution in [3.05, 3.63) is 41.3 Å². The Balaban J connectivity index is 1.37. The molecule has 2 unspecified atom stereocenters. The predicted molar refractivity (Wildman–Crippen MR) is 138 cm³/mol. The Labute approximate surface area is 204 Å². The van der Waals surface area contributed by atoms with E-state index in [-0.39, 0.29) is 17.9 Å². The number of nitrogens with zero attached hydrogens (tertiary/aromatic N) is 2. The third kappa shape index (κ3) is 7.00. The van der Waals surface area contributed by atoms with Crippen molar-refractivity contribution in [1.82, 2.24) is 15.1 Å². The first-order valence-electron chi connectivity index (χ1n) is 12.8. The van der Waals surface area contributed by atoms with Crippen molar-refractivity contribution in [3.63, 3.8) is 0 Å². The van der Waals surface area contributed by atoms with E-state index in [2.05, 4.69) is 71.8 Å². The van der Waals surface area contributed by atoms with Crippen molar-refractivity contribution >= 4 is 17.7 Å². The second-order valence-electron chi connectivity index (χ2n) is 10.2. The molecule has 0 aromatic heterocycles. The number of hydrogen-bond acceptors (Lipinski definition) is 5. The molecule has 1 aliphatic carbocycles. The Bertz CT molecular complexity index is 783. The number of piperazine rings is 1. The van der Waals surface area contributed by atoms with Crippen LogP contribution in [0.3, 0.4) is 0 Å². The average Bonchev–Trinajstić information content (AvgIpc) is 3.44. The minimum atomic E-state index is 0.0181. The number of amides is 1. The highest BCUT2D eigenvalue weighted by Gasteiger charge is 2.48. The molecule has 33 heavy (non-hydrogen) atoms. The molecule has 4 rings (SSSR count). The molecule has 1 aromatic carbocycles. The van der Waals surface area contributed by atoms with E-state index in [4.69, 9.17) is 4.74 Å². The molecule has 5 nitrogen and oxygen atoms in total. The van der Waals surface area contributed by atoms with Gasteiger partial charge in [-0.3, -0.25) is 9.69 Å². The highest BCUT2D eigenvalue weighted by Crippen LogP contribution is 2.49. The Hall–Kier alpha value is -1.50. The number of rotatable bonds is 11. The number of carbonyl (C=O) groups excluding carboxylic acids is 1. The number of hydrogen-bond donors (Lipinski definition) is 1. The van der Waals surface area contributed by atoms with E-state index < -0.39 is 0 Å². The lowest BCUT2D eigenvalue weighted by Gasteiger charge is -2.35. The van der Waals surface area contributed by atoms with Gasteiger partial charge >= 0.3 is 0 Å². The molecule has 182 valence electrons. The first kappa shape index (κ1) is 24.6. The van der Waals surface area contributed by atoms with Gasteiger partial charge in [0.25, 0.3) is 0 Å². The van der Waals surface area contributed by atoms with Gasteiger partial charge in [-0.2, -0.15) is 0 Å². The zero-order valence-electron chi connectivity index (χ0n) is 20.5. The molecule has 2 aliphatic heterocycles. The monoisotopic (exact) mass is 471 g/mol. The molecule has 2 fully saturated rings. The fourth-order valence-electron chi connectivity index (χ4n) is 5.02. The SMILES string of the molecule is CCCC(C)COc1ccc([C@H](CN2CCN(C)CC2)NC(=O)[C@H]2C[C@@H]2C2CC=CS2)cc1. The van der Waals surface area contributed by atoms with Crippen LogP contribution in [0.5, 0.6) is 5.75 Å². The third-order valence-corrected chi connectivity index (χ3v) is 8.56. The van der Waals surface area contributed by atoms with E-state index in [1.165, 1.54) is 18.4 Å². The highest BCUT2D eigenvalue weighted by atomic mass is 32.2. The molecular formula is C27H41N3O2S. The quantitative estimate of drug-likeness (QED) is 0.513. The Morgan fingerprint density at radius 2 is 1.97 bits per heavy atom. The molecule has 1 N–H and O–H groups in total. The Kier molecular flexibility index (Phi) is 8.78. The van der Waals surface area contributed by atoms with Crippen LogP contribution in [0.2, 0.25) is 0 Å². The zero-order chi connectivity index (χ0) is 23.2. The van der Waals surface area contributed by atoms with Gasteiger partial charge in [-0.15, -0.1) is 11.8 Å². The van der Waals surface area contributed by atoms with Gasteiger partial charge in [0.15, 0.2) is 0 Å². The lowest BCUT2D eigenvalue weighted by atomic mass is 10.0. The van der Waals surface area contributed by atoms with Crippen molar-refractivity contribution in [2.45, 2.75) is 50.8 Å². The summed E-state index contributed by atoms with van der Waals surface area (Å²) in [6, 6.07) is 8.43. The number of carbonyl (C=O) groups is 1. The van der Waals surface area contributed by atoms with Gasteiger partial charge in [-0.25, -0.2) is 0 Å². The van der Waals surface area contributed by atoms with Crippen LogP contribution in [-0.4, -0.2) is 67.3 Å². The summed E-state index contributed by atoms with van der Waals surface area (Å²) < 4.78 is 6.01. The highest BCUT2D eigenvalue weighted by molar-refractivity contribution is 8.03. The second kappa shape index (κ2) is 11.8. The van der Waals surface area contributed by atoms with Crippen molar-refractivity contribution < 1.29 is 9.53 Å². The first-order valence-corrected chi connectivity index (χ1v) is 13.7. The second-order valence-corrected chi connectivity index (χ2v) is 11.4. The average molecular weight is 472 g/mol. The number of nitrogens with one attached hydrogen (secondary N) is 1. The molecule has 1 aromatic rings. The van der Waals surface area contributed by atoms with Crippen LogP contribution in [0, 0.1) is 17.8 Å². The molecule has 3 aliphatic rings. The molecule has 6 heteroatoms. The molecule has 0 radical (unpaired) electrons. The lowest BCUT2D eigenvalue weighted by Crippen LogP contribution is -2.48. The summed E-state index contributed by atoms with van der Waals surface area (Å²) in [5.74, 6) is 2.44.